The zero-order valence-corrected chi connectivity index (χ0v) is 20.4. The molecule has 0 saturated carbocycles. The van der Waals surface area contributed by atoms with Crippen LogP contribution in [-0.2, 0) is 20.4 Å². The Morgan fingerprint density at radius 1 is 0.839 bits per heavy atom. The van der Waals surface area contributed by atoms with Crippen LogP contribution in [0.3, 0.4) is 0 Å². The number of benzene rings is 2. The van der Waals surface area contributed by atoms with Gasteiger partial charge >= 0.3 is 0 Å². The number of nitrogens with one attached hydrogen (secondary N) is 2. The summed E-state index contributed by atoms with van der Waals surface area (Å²) in [6, 6.07) is 6.56. The first-order valence-electron chi connectivity index (χ1n) is 9.35. The molecule has 2 aliphatic rings. The highest BCUT2D eigenvalue weighted by atomic mass is 79.9. The van der Waals surface area contributed by atoms with Crippen molar-refractivity contribution in [3.05, 3.63) is 55.5 Å². The SMILES string of the molecule is CC1(C)C(=O)Nc2cc(Br)cc(C(F)F)c21.CC1(C)C(=O)Nc2cc(Br)cc(C=O)c21. The van der Waals surface area contributed by atoms with E-state index in [1.807, 2.05) is 19.9 Å². The van der Waals surface area contributed by atoms with Gasteiger partial charge in [-0.1, -0.05) is 31.9 Å². The van der Waals surface area contributed by atoms with Gasteiger partial charge in [0.2, 0.25) is 11.8 Å². The highest BCUT2D eigenvalue weighted by Gasteiger charge is 2.42. The molecule has 0 spiro atoms. The van der Waals surface area contributed by atoms with E-state index in [4.69, 9.17) is 0 Å². The summed E-state index contributed by atoms with van der Waals surface area (Å²) in [6.45, 7) is 6.92. The third kappa shape index (κ3) is 4.05. The van der Waals surface area contributed by atoms with E-state index in [0.29, 0.717) is 21.3 Å². The highest BCUT2D eigenvalue weighted by Crippen LogP contribution is 2.44. The summed E-state index contributed by atoms with van der Waals surface area (Å²) >= 11 is 6.46. The Morgan fingerprint density at radius 3 is 1.77 bits per heavy atom. The van der Waals surface area contributed by atoms with E-state index in [-0.39, 0.29) is 17.4 Å². The molecule has 0 aromatic heterocycles. The minimum atomic E-state index is -2.58. The number of carbonyl (C=O) groups excluding carboxylic acids is 3. The van der Waals surface area contributed by atoms with Crippen LogP contribution in [0, 0.1) is 0 Å². The summed E-state index contributed by atoms with van der Waals surface area (Å²) in [5.41, 5.74) is 1.31. The van der Waals surface area contributed by atoms with E-state index in [1.54, 1.807) is 26.0 Å². The molecule has 0 unspecified atom stereocenters. The van der Waals surface area contributed by atoms with Crippen LogP contribution >= 0.6 is 31.9 Å². The smallest absolute Gasteiger partial charge is 0.264 e. The minimum Gasteiger partial charge on any atom is -0.325 e. The number of rotatable bonds is 2. The van der Waals surface area contributed by atoms with Crippen molar-refractivity contribution in [2.24, 2.45) is 0 Å². The van der Waals surface area contributed by atoms with Crippen molar-refractivity contribution in [2.45, 2.75) is 45.0 Å². The first kappa shape index (κ1) is 23.5. The van der Waals surface area contributed by atoms with Crippen LogP contribution in [-0.4, -0.2) is 18.1 Å². The molecule has 4 rings (SSSR count). The Morgan fingerprint density at radius 2 is 1.29 bits per heavy atom. The third-order valence-corrected chi connectivity index (χ3v) is 6.43. The Labute approximate surface area is 195 Å². The summed E-state index contributed by atoms with van der Waals surface area (Å²) in [5.74, 6) is -0.318. The second-order valence-electron chi connectivity index (χ2n) is 8.41. The van der Waals surface area contributed by atoms with Crippen molar-refractivity contribution < 1.29 is 23.2 Å². The first-order valence-corrected chi connectivity index (χ1v) is 10.9. The molecule has 5 nitrogen and oxygen atoms in total. The van der Waals surface area contributed by atoms with Crippen molar-refractivity contribution in [1.82, 2.24) is 0 Å². The standard InChI is InChI=1S/C11H10BrF2NO.C11H10BrNO2/c1-11(2)8-6(9(13)14)3-5(12)4-7(8)15-10(11)16;1-11(2)9-6(5-14)3-7(12)4-8(9)13-10(11)15/h3-4,9H,1-2H3,(H,15,16);3-5H,1-2H3,(H,13,15). The number of aldehydes is 1. The average Bonchev–Trinajstić information content (AvgIpc) is 3.02. The number of hydrogen-bond acceptors (Lipinski definition) is 3. The largest absolute Gasteiger partial charge is 0.325 e. The van der Waals surface area contributed by atoms with Gasteiger partial charge in [-0.15, -0.1) is 0 Å². The molecule has 0 bridgehead atoms. The lowest BCUT2D eigenvalue weighted by Crippen LogP contribution is -2.27. The van der Waals surface area contributed by atoms with Gasteiger partial charge < -0.3 is 10.6 Å². The predicted octanol–water partition coefficient (Wildman–Crippen LogP) is 6.11. The molecule has 2 aromatic carbocycles. The predicted molar refractivity (Wildman–Crippen MR) is 122 cm³/mol. The Kier molecular flexibility index (Phi) is 6.14. The number of carbonyl (C=O) groups is 3. The lowest BCUT2D eigenvalue weighted by Gasteiger charge is -2.18. The fourth-order valence-electron chi connectivity index (χ4n) is 3.90. The van der Waals surface area contributed by atoms with Crippen molar-refractivity contribution in [3.63, 3.8) is 0 Å². The van der Waals surface area contributed by atoms with E-state index in [9.17, 15) is 23.2 Å². The first-order chi connectivity index (χ1) is 14.3. The maximum Gasteiger partial charge on any atom is 0.264 e. The monoisotopic (exact) mass is 556 g/mol. The molecule has 2 aliphatic heterocycles. The second kappa shape index (κ2) is 8.09. The Hall–Kier alpha value is -2.13. The van der Waals surface area contributed by atoms with Crippen molar-refractivity contribution in [3.8, 4) is 0 Å². The van der Waals surface area contributed by atoms with E-state index in [1.165, 1.54) is 6.07 Å². The molecule has 0 saturated heterocycles. The van der Waals surface area contributed by atoms with Crippen LogP contribution in [0.5, 0.6) is 0 Å². The van der Waals surface area contributed by atoms with E-state index in [0.717, 1.165) is 22.0 Å². The van der Waals surface area contributed by atoms with Crippen LogP contribution in [0.25, 0.3) is 0 Å². The van der Waals surface area contributed by atoms with Crippen LogP contribution < -0.4 is 10.6 Å². The number of fused-ring (bicyclic) bond motifs is 2. The zero-order chi connectivity index (χ0) is 23.3. The topological polar surface area (TPSA) is 75.3 Å². The quantitative estimate of drug-likeness (QED) is 0.438. The van der Waals surface area contributed by atoms with Gasteiger partial charge in [-0.3, -0.25) is 14.4 Å². The molecule has 0 radical (unpaired) electrons. The minimum absolute atomic E-state index is 0.0706. The number of anilines is 2. The fourth-order valence-corrected chi connectivity index (χ4v) is 4.85. The van der Waals surface area contributed by atoms with Gasteiger partial charge in [0, 0.05) is 37.0 Å². The van der Waals surface area contributed by atoms with Crippen LogP contribution in [0.4, 0.5) is 20.2 Å². The van der Waals surface area contributed by atoms with Gasteiger partial charge in [0.05, 0.1) is 10.8 Å². The third-order valence-electron chi connectivity index (χ3n) is 5.51. The van der Waals surface area contributed by atoms with E-state index >= 15 is 0 Å². The lowest BCUT2D eigenvalue weighted by atomic mass is 9.83. The average molecular weight is 558 g/mol. The van der Waals surface area contributed by atoms with Crippen LogP contribution in [0.1, 0.15) is 61.2 Å². The second-order valence-corrected chi connectivity index (χ2v) is 10.2. The van der Waals surface area contributed by atoms with Gasteiger partial charge in [-0.05, 0) is 57.5 Å². The molecule has 0 aliphatic carbocycles. The summed E-state index contributed by atoms with van der Waals surface area (Å²) in [4.78, 5) is 34.3. The molecule has 2 aromatic rings. The molecule has 9 heteroatoms. The molecule has 0 atom stereocenters. The zero-order valence-electron chi connectivity index (χ0n) is 17.2. The molecule has 2 amide bonds. The Balaban J connectivity index is 0.000000176. The van der Waals surface area contributed by atoms with Crippen molar-refractivity contribution >= 4 is 61.3 Å². The van der Waals surface area contributed by atoms with Gasteiger partial charge in [0.25, 0.3) is 6.43 Å². The number of alkyl halides is 2. The Bertz CT molecular complexity index is 1110. The van der Waals surface area contributed by atoms with Crippen LogP contribution in [0.2, 0.25) is 0 Å². The molecular formula is C22H20Br2F2N2O3. The maximum absolute atomic E-state index is 12.9. The number of amides is 2. The summed E-state index contributed by atoms with van der Waals surface area (Å²) in [6.07, 6.45) is -1.80. The highest BCUT2D eigenvalue weighted by molar-refractivity contribution is 9.10. The van der Waals surface area contributed by atoms with Gasteiger partial charge in [-0.2, -0.15) is 0 Å². The lowest BCUT2D eigenvalue weighted by molar-refractivity contribution is -0.120. The van der Waals surface area contributed by atoms with E-state index < -0.39 is 17.3 Å². The maximum atomic E-state index is 12.9. The molecule has 0 fully saturated rings. The van der Waals surface area contributed by atoms with Crippen molar-refractivity contribution in [2.75, 3.05) is 10.6 Å². The van der Waals surface area contributed by atoms with Gasteiger partial charge in [-0.25, -0.2) is 8.78 Å². The molecular weight excluding hydrogens is 538 g/mol. The molecule has 2 N–H and O–H groups in total. The van der Waals surface area contributed by atoms with Crippen molar-refractivity contribution in [1.29, 1.82) is 0 Å². The summed E-state index contributed by atoms with van der Waals surface area (Å²) in [7, 11) is 0. The molecule has 164 valence electrons. The normalized spacial score (nSPS) is 17.3. The number of hydrogen-bond donors (Lipinski definition) is 2. The van der Waals surface area contributed by atoms with Gasteiger partial charge in [0.15, 0.2) is 0 Å². The summed E-state index contributed by atoms with van der Waals surface area (Å²) < 4.78 is 27.2. The number of halogens is 4. The summed E-state index contributed by atoms with van der Waals surface area (Å²) in [5, 5.41) is 5.40. The van der Waals surface area contributed by atoms with Gasteiger partial charge in [0.1, 0.15) is 6.29 Å². The molecule has 2 heterocycles. The van der Waals surface area contributed by atoms with E-state index in [2.05, 4.69) is 42.5 Å². The molecule has 31 heavy (non-hydrogen) atoms. The fraction of sp³-hybridized carbons (Fsp3) is 0.318. The van der Waals surface area contributed by atoms with Crippen LogP contribution in [0.15, 0.2) is 33.2 Å².